The molecule has 8 nitrogen and oxygen atoms in total. The minimum Gasteiger partial charge on any atom is -0.503 e. The summed E-state index contributed by atoms with van der Waals surface area (Å²) < 4.78 is 6.04. The maximum absolute atomic E-state index is 14.0. The van der Waals surface area contributed by atoms with Gasteiger partial charge in [0.2, 0.25) is 11.8 Å². The lowest BCUT2D eigenvalue weighted by atomic mass is 9.56. The summed E-state index contributed by atoms with van der Waals surface area (Å²) in [5.41, 5.74) is 0.964. The van der Waals surface area contributed by atoms with Crippen molar-refractivity contribution in [2.75, 3.05) is 12.6 Å². The second-order valence-electron chi connectivity index (χ2n) is 10.5. The van der Waals surface area contributed by atoms with E-state index in [1.807, 2.05) is 23.6 Å². The second kappa shape index (κ2) is 10.3. The lowest BCUT2D eigenvalue weighted by Gasteiger charge is -2.51. The summed E-state index contributed by atoms with van der Waals surface area (Å²) in [5, 5.41) is 12.5. The first kappa shape index (κ1) is 29.6. The van der Waals surface area contributed by atoms with Gasteiger partial charge in [-0.25, -0.2) is 0 Å². The van der Waals surface area contributed by atoms with Crippen LogP contribution in [0.3, 0.4) is 0 Å². The Labute approximate surface area is 274 Å². The number of allylic oxidation sites excluding steroid dienone is 2. The predicted molar refractivity (Wildman–Crippen MR) is 163 cm³/mol. The minimum absolute atomic E-state index is 0.102. The maximum Gasteiger partial charge on any atom is 0.254 e. The Kier molecular flexibility index (Phi) is 7.47. The van der Waals surface area contributed by atoms with Crippen LogP contribution in [0.1, 0.15) is 29.2 Å². The molecular weight excluding hydrogens is 791 g/mol. The number of phenolic OH excluding ortho intramolecular Hbond substituents is 1. The number of amides is 4. The first-order valence-corrected chi connectivity index (χ1v) is 16.9. The molecule has 1 aromatic carbocycles. The molecule has 2 aromatic rings. The highest BCUT2D eigenvalue weighted by molar-refractivity contribution is 9.13. The molecule has 4 aliphatic rings. The molecule has 2 aliphatic heterocycles. The zero-order valence-electron chi connectivity index (χ0n) is 21.2. The molecule has 3 heterocycles. The van der Waals surface area contributed by atoms with Gasteiger partial charge in [0.1, 0.15) is 0 Å². The quantitative estimate of drug-likeness (QED) is 0.175. The Morgan fingerprint density at radius 3 is 2.46 bits per heavy atom. The van der Waals surface area contributed by atoms with Crippen molar-refractivity contribution in [2.24, 2.45) is 17.8 Å². The molecule has 0 bridgehead atoms. The molecule has 4 amide bonds. The molecule has 14 heteroatoms. The number of imide groups is 2. The molecule has 2 aliphatic carbocycles. The molecule has 0 radical (unpaired) electrons. The van der Waals surface area contributed by atoms with E-state index in [2.05, 4.69) is 47.8 Å². The number of benzene rings is 1. The fraction of sp³-hybridized carbons (Fsp3) is 0.407. The third-order valence-electron chi connectivity index (χ3n) is 8.71. The zero-order valence-corrected chi connectivity index (χ0v) is 28.3. The smallest absolute Gasteiger partial charge is 0.254 e. The number of rotatable bonds is 5. The molecule has 41 heavy (non-hydrogen) atoms. The number of hydrogen-bond donors (Lipinski definition) is 1. The van der Waals surface area contributed by atoms with Crippen LogP contribution in [0, 0.1) is 17.8 Å². The van der Waals surface area contributed by atoms with E-state index in [4.69, 9.17) is 27.9 Å². The molecule has 1 saturated carbocycles. The number of carbonyl (C=O) groups excluding carboxylic acids is 4. The van der Waals surface area contributed by atoms with Gasteiger partial charge < -0.3 is 9.84 Å². The van der Waals surface area contributed by atoms with E-state index in [1.165, 1.54) is 23.3 Å². The van der Waals surface area contributed by atoms with Gasteiger partial charge in [0.15, 0.2) is 21.2 Å². The first-order valence-electron chi connectivity index (χ1n) is 12.5. The number of carbonyl (C=O) groups is 4. The van der Waals surface area contributed by atoms with Crippen molar-refractivity contribution in [3.8, 4) is 11.5 Å². The van der Waals surface area contributed by atoms with Gasteiger partial charge in [0, 0.05) is 15.3 Å². The van der Waals surface area contributed by atoms with Gasteiger partial charge in [0.25, 0.3) is 11.8 Å². The maximum atomic E-state index is 14.0. The van der Waals surface area contributed by atoms with Crippen LogP contribution in [-0.4, -0.2) is 60.8 Å². The number of nitrogens with zero attached hydrogens (tertiary/aromatic N) is 2. The van der Waals surface area contributed by atoms with Crippen molar-refractivity contribution in [3.63, 3.8) is 0 Å². The standard InChI is InChI=1S/C27H21Br3Cl2N2O6S/c1-40-16-7-14(19(29)20(30)21(16)35)18-12-4-5-13-17(23(37)33(22(13)36)9-11-3-2-6-41-11)15(12)8-26(31)24(38)34(10-28)25(39)27(18,26)32/h2-4,6-7,13,15,17-18,35H,5,8-10H2,1H3/t13-,15+,17-,18+,26+,27-/m0/s1. The van der Waals surface area contributed by atoms with Crippen molar-refractivity contribution in [3.05, 3.63) is 54.6 Å². The largest absolute Gasteiger partial charge is 0.503 e. The van der Waals surface area contributed by atoms with Crippen molar-refractivity contribution in [1.29, 1.82) is 0 Å². The predicted octanol–water partition coefficient (Wildman–Crippen LogP) is 5.90. The van der Waals surface area contributed by atoms with Gasteiger partial charge in [-0.2, -0.15) is 0 Å². The van der Waals surface area contributed by atoms with Crippen molar-refractivity contribution in [2.45, 2.75) is 35.1 Å². The summed E-state index contributed by atoms with van der Waals surface area (Å²) in [5.74, 6) is -5.06. The topological polar surface area (TPSA) is 104 Å². The Morgan fingerprint density at radius 1 is 1.10 bits per heavy atom. The second-order valence-corrected chi connectivity index (χ2v) is 14.8. The number of ether oxygens (including phenoxy) is 1. The highest BCUT2D eigenvalue weighted by Crippen LogP contribution is 2.66. The third kappa shape index (κ3) is 3.93. The highest BCUT2D eigenvalue weighted by Gasteiger charge is 2.76. The summed E-state index contributed by atoms with van der Waals surface area (Å²) in [6, 6.07) is 5.28. The lowest BCUT2D eigenvalue weighted by molar-refractivity contribution is -0.141. The SMILES string of the molecule is COc1cc([C@H]2C3=CC[C@@H]4C(=O)N(Cc5cccs5)C(=O)[C@@H]4[C@@H]3C[C@@]3(Cl)C(=O)N(CBr)C(=O)[C@@]23Cl)c(Br)c(Br)c1O. The van der Waals surface area contributed by atoms with E-state index in [0.29, 0.717) is 15.6 Å². The van der Waals surface area contributed by atoms with Crippen molar-refractivity contribution < 1.29 is 29.0 Å². The van der Waals surface area contributed by atoms with Crippen molar-refractivity contribution in [1.82, 2.24) is 9.80 Å². The number of methoxy groups -OCH3 is 1. The van der Waals surface area contributed by atoms with Gasteiger partial charge >= 0.3 is 0 Å². The molecule has 2 saturated heterocycles. The molecule has 0 spiro atoms. The summed E-state index contributed by atoms with van der Waals surface area (Å²) >= 11 is 26.2. The lowest BCUT2D eigenvalue weighted by Crippen LogP contribution is -2.60. The van der Waals surface area contributed by atoms with Crippen LogP contribution in [0.2, 0.25) is 0 Å². The summed E-state index contributed by atoms with van der Waals surface area (Å²) in [6.45, 7) is 0.168. The first-order chi connectivity index (χ1) is 19.4. The van der Waals surface area contributed by atoms with E-state index < -0.39 is 45.2 Å². The summed E-state index contributed by atoms with van der Waals surface area (Å²) in [6.07, 6.45) is 2.03. The average molecular weight is 812 g/mol. The number of fused-ring (bicyclic) bond motifs is 4. The van der Waals surface area contributed by atoms with Crippen LogP contribution in [0.15, 0.2) is 44.2 Å². The molecular formula is C27H21Br3Cl2N2O6S. The fourth-order valence-corrected chi connectivity index (χ4v) is 9.92. The minimum atomic E-state index is -1.97. The molecule has 216 valence electrons. The Balaban J connectivity index is 1.55. The van der Waals surface area contributed by atoms with E-state index in [-0.39, 0.29) is 52.6 Å². The van der Waals surface area contributed by atoms with Gasteiger partial charge in [-0.05, 0) is 73.7 Å². The van der Waals surface area contributed by atoms with Crippen LogP contribution in [0.25, 0.3) is 0 Å². The Hall–Kier alpha value is -1.44. The Bertz CT molecular complexity index is 1550. The van der Waals surface area contributed by atoms with E-state index in [0.717, 1.165) is 9.78 Å². The number of hydrogen-bond acceptors (Lipinski definition) is 7. The van der Waals surface area contributed by atoms with Crippen molar-refractivity contribution >= 4 is 106 Å². The van der Waals surface area contributed by atoms with Gasteiger partial charge in [-0.15, -0.1) is 34.5 Å². The van der Waals surface area contributed by atoms with Crippen LogP contribution < -0.4 is 4.74 Å². The number of aromatic hydroxyl groups is 1. The molecule has 6 atom stereocenters. The van der Waals surface area contributed by atoms with E-state index in [9.17, 15) is 24.3 Å². The normalized spacial score (nSPS) is 32.7. The van der Waals surface area contributed by atoms with Gasteiger partial charge in [-0.3, -0.25) is 29.0 Å². The van der Waals surface area contributed by atoms with Crippen LogP contribution in [0.4, 0.5) is 0 Å². The number of thiophene rings is 1. The summed E-state index contributed by atoms with van der Waals surface area (Å²) in [4.78, 5) is 54.5. The number of likely N-dealkylation sites (tertiary alicyclic amines) is 2. The highest BCUT2D eigenvalue weighted by atomic mass is 79.9. The van der Waals surface area contributed by atoms with Crippen LogP contribution in [0.5, 0.6) is 11.5 Å². The van der Waals surface area contributed by atoms with Gasteiger partial charge in [0.05, 0.1) is 35.4 Å². The summed E-state index contributed by atoms with van der Waals surface area (Å²) in [7, 11) is 1.39. The van der Waals surface area contributed by atoms with E-state index in [1.54, 1.807) is 6.07 Å². The molecule has 1 N–H and O–H groups in total. The molecule has 0 unspecified atom stereocenters. The zero-order chi connectivity index (χ0) is 29.6. The number of phenols is 1. The molecule has 3 fully saturated rings. The van der Waals surface area contributed by atoms with Crippen LogP contribution >= 0.6 is 82.3 Å². The molecule has 1 aromatic heterocycles. The number of alkyl halides is 3. The fourth-order valence-electron chi connectivity index (χ4n) is 6.86. The Morgan fingerprint density at radius 2 is 1.83 bits per heavy atom. The number of halogens is 5. The van der Waals surface area contributed by atoms with Crippen LogP contribution in [-0.2, 0) is 25.7 Å². The third-order valence-corrected chi connectivity index (χ3v) is 13.6. The van der Waals surface area contributed by atoms with Gasteiger partial charge in [-0.1, -0.05) is 33.6 Å². The molecule has 6 rings (SSSR count). The monoisotopic (exact) mass is 808 g/mol. The average Bonchev–Trinajstić information content (AvgIpc) is 3.59. The van der Waals surface area contributed by atoms with E-state index >= 15 is 0 Å².